The molecule has 1 aliphatic rings. The molecule has 0 bridgehead atoms. The summed E-state index contributed by atoms with van der Waals surface area (Å²) in [6.07, 6.45) is 1.79. The Labute approximate surface area is 180 Å². The second-order valence-electron chi connectivity index (χ2n) is 7.47. The molecule has 156 valence electrons. The quantitative estimate of drug-likeness (QED) is 0.679. The Kier molecular flexibility index (Phi) is 6.18. The van der Waals surface area contributed by atoms with E-state index in [1.54, 1.807) is 41.1 Å². The van der Waals surface area contributed by atoms with Crippen LogP contribution in [-0.4, -0.2) is 48.2 Å². The Morgan fingerprint density at radius 1 is 1.10 bits per heavy atom. The highest BCUT2D eigenvalue weighted by Crippen LogP contribution is 2.24. The first-order valence-electron chi connectivity index (χ1n) is 10.0. The van der Waals surface area contributed by atoms with E-state index < -0.39 is 0 Å². The highest BCUT2D eigenvalue weighted by Gasteiger charge is 2.14. The number of benzene rings is 2. The van der Waals surface area contributed by atoms with E-state index >= 15 is 0 Å². The van der Waals surface area contributed by atoms with Crippen LogP contribution in [0.1, 0.15) is 15.9 Å². The van der Waals surface area contributed by atoms with Crippen LogP contribution in [0.2, 0.25) is 5.02 Å². The molecule has 6 nitrogen and oxygen atoms in total. The maximum atomic E-state index is 13.0. The zero-order valence-corrected chi connectivity index (χ0v) is 17.6. The van der Waals surface area contributed by atoms with Crippen molar-refractivity contribution in [1.29, 1.82) is 0 Å². The SMILES string of the molecule is Cc1ccc(Cl)c(C(=O)Nc2cccc3c(=O)n(CCN4CCOCC4)ccc23)c1. The van der Waals surface area contributed by atoms with Crippen molar-refractivity contribution in [1.82, 2.24) is 9.47 Å². The molecule has 0 saturated carbocycles. The lowest BCUT2D eigenvalue weighted by atomic mass is 10.1. The number of halogens is 1. The summed E-state index contributed by atoms with van der Waals surface area (Å²) in [6, 6.07) is 12.6. The van der Waals surface area contributed by atoms with Crippen LogP contribution in [-0.2, 0) is 11.3 Å². The van der Waals surface area contributed by atoms with Gasteiger partial charge in [-0.05, 0) is 37.3 Å². The molecule has 1 aliphatic heterocycles. The number of nitrogens with one attached hydrogen (secondary N) is 1. The Hall–Kier alpha value is -2.67. The maximum Gasteiger partial charge on any atom is 0.258 e. The van der Waals surface area contributed by atoms with E-state index in [1.165, 1.54) is 0 Å². The summed E-state index contributed by atoms with van der Waals surface area (Å²) in [5.41, 5.74) is 1.89. The van der Waals surface area contributed by atoms with Gasteiger partial charge in [-0.1, -0.05) is 29.3 Å². The number of aryl methyl sites for hydroxylation is 1. The zero-order valence-electron chi connectivity index (χ0n) is 16.9. The number of anilines is 1. The summed E-state index contributed by atoms with van der Waals surface area (Å²) in [5, 5.41) is 4.59. The van der Waals surface area contributed by atoms with Crippen molar-refractivity contribution in [3.8, 4) is 0 Å². The van der Waals surface area contributed by atoms with Crippen molar-refractivity contribution < 1.29 is 9.53 Å². The van der Waals surface area contributed by atoms with Gasteiger partial charge in [-0.15, -0.1) is 0 Å². The van der Waals surface area contributed by atoms with Crippen LogP contribution in [0.15, 0.2) is 53.5 Å². The number of hydrogen-bond donors (Lipinski definition) is 1. The molecule has 1 N–H and O–H groups in total. The van der Waals surface area contributed by atoms with Crippen LogP contribution in [0.3, 0.4) is 0 Å². The average molecular weight is 426 g/mol. The third kappa shape index (κ3) is 4.41. The van der Waals surface area contributed by atoms with Gasteiger partial charge in [-0.2, -0.15) is 0 Å². The Bertz CT molecular complexity index is 1140. The van der Waals surface area contributed by atoms with E-state index in [-0.39, 0.29) is 11.5 Å². The summed E-state index contributed by atoms with van der Waals surface area (Å²) in [6.45, 7) is 6.58. The van der Waals surface area contributed by atoms with Gasteiger partial charge in [0.25, 0.3) is 11.5 Å². The third-order valence-corrected chi connectivity index (χ3v) is 5.72. The second-order valence-corrected chi connectivity index (χ2v) is 7.88. The van der Waals surface area contributed by atoms with Crippen LogP contribution in [0, 0.1) is 6.92 Å². The van der Waals surface area contributed by atoms with Gasteiger partial charge in [0.2, 0.25) is 0 Å². The molecule has 0 atom stereocenters. The largest absolute Gasteiger partial charge is 0.379 e. The molecular weight excluding hydrogens is 402 g/mol. The van der Waals surface area contributed by atoms with E-state index in [2.05, 4.69) is 10.2 Å². The van der Waals surface area contributed by atoms with Crippen molar-refractivity contribution in [3.63, 3.8) is 0 Å². The average Bonchev–Trinajstić information content (AvgIpc) is 2.76. The number of nitrogens with zero attached hydrogens (tertiary/aromatic N) is 2. The van der Waals surface area contributed by atoms with Gasteiger partial charge >= 0.3 is 0 Å². The van der Waals surface area contributed by atoms with Crippen molar-refractivity contribution >= 4 is 34.0 Å². The van der Waals surface area contributed by atoms with E-state index in [1.807, 2.05) is 19.1 Å². The Morgan fingerprint density at radius 2 is 1.90 bits per heavy atom. The van der Waals surface area contributed by atoms with Crippen LogP contribution in [0.5, 0.6) is 0 Å². The van der Waals surface area contributed by atoms with Crippen molar-refractivity contribution in [2.45, 2.75) is 13.5 Å². The number of rotatable bonds is 5. The molecule has 3 aromatic rings. The fourth-order valence-corrected chi connectivity index (χ4v) is 3.88. The lowest BCUT2D eigenvalue weighted by molar-refractivity contribution is 0.0363. The standard InChI is InChI=1S/C23H24ClN3O3/c1-16-5-6-20(24)19(15-16)22(28)25-21-4-2-3-18-17(21)7-8-27(23(18)29)10-9-26-11-13-30-14-12-26/h2-8,15H,9-14H2,1H3,(H,25,28). The molecule has 0 unspecified atom stereocenters. The summed E-state index contributed by atoms with van der Waals surface area (Å²) in [4.78, 5) is 28.1. The minimum atomic E-state index is -0.298. The lowest BCUT2D eigenvalue weighted by Gasteiger charge is -2.26. The molecule has 2 heterocycles. The highest BCUT2D eigenvalue weighted by molar-refractivity contribution is 6.34. The Balaban J connectivity index is 1.58. The molecule has 1 amide bonds. The smallest absolute Gasteiger partial charge is 0.258 e. The van der Waals surface area contributed by atoms with Crippen molar-refractivity contribution in [2.24, 2.45) is 0 Å². The number of morpholine rings is 1. The van der Waals surface area contributed by atoms with Gasteiger partial charge in [0.1, 0.15) is 0 Å². The minimum absolute atomic E-state index is 0.0644. The van der Waals surface area contributed by atoms with Gasteiger partial charge in [-0.3, -0.25) is 14.5 Å². The fourth-order valence-electron chi connectivity index (χ4n) is 3.68. The summed E-state index contributed by atoms with van der Waals surface area (Å²) in [5.74, 6) is -0.298. The first-order valence-corrected chi connectivity index (χ1v) is 10.4. The van der Waals surface area contributed by atoms with E-state index in [0.29, 0.717) is 33.6 Å². The van der Waals surface area contributed by atoms with E-state index in [9.17, 15) is 9.59 Å². The summed E-state index contributed by atoms with van der Waals surface area (Å²) >= 11 is 6.19. The van der Waals surface area contributed by atoms with Crippen LogP contribution >= 0.6 is 11.6 Å². The molecule has 0 aliphatic carbocycles. The second kappa shape index (κ2) is 9.00. The molecule has 7 heteroatoms. The van der Waals surface area contributed by atoms with Gasteiger partial charge in [0.05, 0.1) is 23.8 Å². The predicted octanol–water partition coefficient (Wildman–Crippen LogP) is 3.55. The number of aromatic nitrogens is 1. The monoisotopic (exact) mass is 425 g/mol. The molecule has 30 heavy (non-hydrogen) atoms. The maximum absolute atomic E-state index is 13.0. The number of amides is 1. The number of ether oxygens (including phenoxy) is 1. The van der Waals surface area contributed by atoms with Crippen LogP contribution < -0.4 is 10.9 Å². The van der Waals surface area contributed by atoms with E-state index in [0.717, 1.165) is 38.4 Å². The number of fused-ring (bicyclic) bond motifs is 1. The minimum Gasteiger partial charge on any atom is -0.379 e. The third-order valence-electron chi connectivity index (χ3n) is 5.39. The highest BCUT2D eigenvalue weighted by atomic mass is 35.5. The van der Waals surface area contributed by atoms with Gasteiger partial charge in [-0.25, -0.2) is 0 Å². The van der Waals surface area contributed by atoms with Gasteiger partial charge in [0, 0.05) is 48.8 Å². The van der Waals surface area contributed by atoms with Crippen molar-refractivity contribution in [2.75, 3.05) is 38.2 Å². The van der Waals surface area contributed by atoms with Crippen molar-refractivity contribution in [3.05, 3.63) is 75.2 Å². The number of carbonyl (C=O) groups excluding carboxylic acids is 1. The molecule has 1 aromatic heterocycles. The molecule has 2 aromatic carbocycles. The number of carbonyl (C=O) groups is 1. The number of hydrogen-bond acceptors (Lipinski definition) is 4. The lowest BCUT2D eigenvalue weighted by Crippen LogP contribution is -2.39. The normalized spacial score (nSPS) is 14.7. The number of pyridine rings is 1. The zero-order chi connectivity index (χ0) is 21.1. The molecule has 1 fully saturated rings. The van der Waals surface area contributed by atoms with Gasteiger partial charge in [0.15, 0.2) is 0 Å². The Morgan fingerprint density at radius 3 is 2.70 bits per heavy atom. The molecule has 4 rings (SSSR count). The van der Waals surface area contributed by atoms with Gasteiger partial charge < -0.3 is 14.6 Å². The van der Waals surface area contributed by atoms with E-state index in [4.69, 9.17) is 16.3 Å². The predicted molar refractivity (Wildman–Crippen MR) is 120 cm³/mol. The first kappa shape index (κ1) is 20.6. The molecule has 0 radical (unpaired) electrons. The van der Waals surface area contributed by atoms with Crippen LogP contribution in [0.25, 0.3) is 10.8 Å². The molecule has 1 saturated heterocycles. The molecular formula is C23H24ClN3O3. The van der Waals surface area contributed by atoms with Crippen LogP contribution in [0.4, 0.5) is 5.69 Å². The topological polar surface area (TPSA) is 63.6 Å². The summed E-state index contributed by atoms with van der Waals surface area (Å²) in [7, 11) is 0. The summed E-state index contributed by atoms with van der Waals surface area (Å²) < 4.78 is 7.09. The first-order chi connectivity index (χ1) is 14.5. The molecule has 0 spiro atoms. The fraction of sp³-hybridized carbons (Fsp3) is 0.304.